The summed E-state index contributed by atoms with van der Waals surface area (Å²) in [4.78, 5) is 45.7. The van der Waals surface area contributed by atoms with Crippen molar-refractivity contribution in [3.63, 3.8) is 0 Å². The molecular formula is C69H42F2N10. The first-order valence-electron chi connectivity index (χ1n) is 26.2. The predicted octanol–water partition coefficient (Wildman–Crippen LogP) is 16.3. The Labute approximate surface area is 463 Å². The minimum Gasteiger partial charge on any atom is -0.309 e. The van der Waals surface area contributed by atoms with Crippen molar-refractivity contribution >= 4 is 21.8 Å². The lowest BCUT2D eigenvalue weighted by Crippen LogP contribution is -2.03. The van der Waals surface area contributed by atoms with Crippen molar-refractivity contribution in [1.29, 1.82) is 0 Å². The summed E-state index contributed by atoms with van der Waals surface area (Å²) in [5.74, 6) is 2.84. The van der Waals surface area contributed by atoms with Crippen molar-refractivity contribution < 1.29 is 8.78 Å². The van der Waals surface area contributed by atoms with Crippen LogP contribution in [0.1, 0.15) is 0 Å². The molecule has 12 heteroatoms. The van der Waals surface area contributed by atoms with E-state index < -0.39 is 11.6 Å². The third-order valence-corrected chi connectivity index (χ3v) is 14.1. The number of hydrogen-bond acceptors (Lipinski definition) is 9. The first-order valence-corrected chi connectivity index (χ1v) is 26.2. The molecule has 382 valence electrons. The molecule has 0 saturated carbocycles. The van der Waals surface area contributed by atoms with Crippen LogP contribution in [0.25, 0.3) is 141 Å². The summed E-state index contributed by atoms with van der Waals surface area (Å²) in [6, 6.07) is 80.4. The number of nitrogens with zero attached hydrogens (tertiary/aromatic N) is 10. The third-order valence-electron chi connectivity index (χ3n) is 14.1. The minimum atomic E-state index is -0.721. The molecule has 0 unspecified atom stereocenters. The Kier molecular flexibility index (Phi) is 12.3. The number of halogens is 2. The zero-order chi connectivity index (χ0) is 54.2. The molecule has 14 rings (SSSR count). The van der Waals surface area contributed by atoms with Crippen LogP contribution in [0.4, 0.5) is 8.78 Å². The summed E-state index contributed by atoms with van der Waals surface area (Å²) in [5.41, 5.74) is 9.88. The molecule has 10 nitrogen and oxygen atoms in total. The van der Waals surface area contributed by atoms with Crippen LogP contribution in [0.15, 0.2) is 255 Å². The predicted molar refractivity (Wildman–Crippen MR) is 315 cm³/mol. The molecule has 0 aliphatic rings. The highest BCUT2D eigenvalue weighted by molar-refractivity contribution is 6.11. The largest absolute Gasteiger partial charge is 0.309 e. The Hall–Kier alpha value is -11.1. The van der Waals surface area contributed by atoms with Crippen molar-refractivity contribution in [1.82, 2.24) is 49.4 Å². The fourth-order valence-electron chi connectivity index (χ4n) is 10.2. The summed E-state index contributed by atoms with van der Waals surface area (Å²) in [6.45, 7) is 0. The van der Waals surface area contributed by atoms with Gasteiger partial charge in [0.25, 0.3) is 0 Å². The van der Waals surface area contributed by atoms with E-state index in [1.807, 2.05) is 212 Å². The van der Waals surface area contributed by atoms with Gasteiger partial charge in [0.15, 0.2) is 52.4 Å². The molecule has 0 saturated heterocycles. The van der Waals surface area contributed by atoms with Crippen molar-refractivity contribution in [2.75, 3.05) is 0 Å². The van der Waals surface area contributed by atoms with Gasteiger partial charge in [-0.25, -0.2) is 53.6 Å². The fraction of sp³-hybridized carbons (Fsp3) is 0. The Morgan fingerprint density at radius 3 is 0.778 bits per heavy atom. The summed E-state index contributed by atoms with van der Waals surface area (Å²) in [6.07, 6.45) is 0. The third kappa shape index (κ3) is 9.52. The van der Waals surface area contributed by atoms with Crippen LogP contribution in [0, 0.1) is 11.6 Å². The number of fused-ring (bicyclic) bond motifs is 3. The second-order valence-electron chi connectivity index (χ2n) is 19.3. The summed E-state index contributed by atoms with van der Waals surface area (Å²) >= 11 is 0. The molecule has 0 aliphatic heterocycles. The number of aromatic nitrogens is 10. The smallest absolute Gasteiger partial charge is 0.164 e. The maximum absolute atomic E-state index is 15.6. The number of hydrogen-bond donors (Lipinski definition) is 0. The van der Waals surface area contributed by atoms with Crippen molar-refractivity contribution in [2.45, 2.75) is 0 Å². The fourth-order valence-corrected chi connectivity index (χ4v) is 10.2. The van der Waals surface area contributed by atoms with Crippen LogP contribution in [0.5, 0.6) is 0 Å². The summed E-state index contributed by atoms with van der Waals surface area (Å²) < 4.78 is 33.4. The molecular weight excluding hydrogens is 1010 g/mol. The van der Waals surface area contributed by atoms with Crippen LogP contribution in [-0.2, 0) is 0 Å². The van der Waals surface area contributed by atoms with Gasteiger partial charge in [-0.3, -0.25) is 0 Å². The first-order chi connectivity index (χ1) is 39.9. The lowest BCUT2D eigenvalue weighted by Gasteiger charge is -2.17. The Bertz CT molecular complexity index is 4270. The molecule has 0 radical (unpaired) electrons. The van der Waals surface area contributed by atoms with Crippen LogP contribution < -0.4 is 0 Å². The van der Waals surface area contributed by atoms with E-state index in [0.29, 0.717) is 85.9 Å². The highest BCUT2D eigenvalue weighted by Gasteiger charge is 2.23. The van der Waals surface area contributed by atoms with Crippen LogP contribution >= 0.6 is 0 Å². The van der Waals surface area contributed by atoms with Gasteiger partial charge in [-0.05, 0) is 35.9 Å². The van der Waals surface area contributed by atoms with E-state index in [1.165, 1.54) is 12.1 Å². The monoisotopic (exact) mass is 1050 g/mol. The molecule has 0 atom stereocenters. The van der Waals surface area contributed by atoms with Gasteiger partial charge in [0.1, 0.15) is 11.6 Å². The lowest BCUT2D eigenvalue weighted by molar-refractivity contribution is 0.584. The molecule has 10 aromatic carbocycles. The molecule has 0 aliphatic carbocycles. The Morgan fingerprint density at radius 2 is 0.481 bits per heavy atom. The molecule has 0 fully saturated rings. The highest BCUT2D eigenvalue weighted by atomic mass is 19.1. The van der Waals surface area contributed by atoms with Crippen molar-refractivity contribution in [2.24, 2.45) is 0 Å². The van der Waals surface area contributed by atoms with Gasteiger partial charge < -0.3 is 4.57 Å². The molecule has 0 bridgehead atoms. The topological polar surface area (TPSA) is 121 Å². The zero-order valence-corrected chi connectivity index (χ0v) is 43.0. The Morgan fingerprint density at radius 1 is 0.222 bits per heavy atom. The molecule has 4 aromatic heterocycles. The van der Waals surface area contributed by atoms with Crippen LogP contribution in [0.3, 0.4) is 0 Å². The van der Waals surface area contributed by atoms with Crippen molar-refractivity contribution in [3.05, 3.63) is 266 Å². The minimum absolute atomic E-state index is 0.317. The Balaban J connectivity index is 1.06. The van der Waals surface area contributed by atoms with Gasteiger partial charge in [0.2, 0.25) is 0 Å². The van der Waals surface area contributed by atoms with E-state index in [-0.39, 0.29) is 0 Å². The normalized spacial score (nSPS) is 11.3. The van der Waals surface area contributed by atoms with E-state index in [1.54, 1.807) is 0 Å². The van der Waals surface area contributed by atoms with Gasteiger partial charge >= 0.3 is 0 Å². The second-order valence-corrected chi connectivity index (χ2v) is 19.3. The van der Waals surface area contributed by atoms with Crippen molar-refractivity contribution in [3.8, 4) is 119 Å². The molecule has 0 spiro atoms. The number of rotatable bonds is 11. The molecule has 0 amide bonds. The maximum atomic E-state index is 15.6. The molecule has 0 N–H and O–H groups in total. The van der Waals surface area contributed by atoms with Gasteiger partial charge in [-0.2, -0.15) is 0 Å². The summed E-state index contributed by atoms with van der Waals surface area (Å²) in [5, 5.41) is 1.76. The molecule has 81 heavy (non-hydrogen) atoms. The molecule has 14 aromatic rings. The van der Waals surface area contributed by atoms with Gasteiger partial charge in [-0.15, -0.1) is 0 Å². The maximum Gasteiger partial charge on any atom is 0.164 e. The summed E-state index contributed by atoms with van der Waals surface area (Å²) in [7, 11) is 0. The van der Waals surface area contributed by atoms with E-state index in [0.717, 1.165) is 61.3 Å². The van der Waals surface area contributed by atoms with E-state index in [4.69, 9.17) is 44.9 Å². The first kappa shape index (κ1) is 48.3. The average molecular weight is 1050 g/mol. The van der Waals surface area contributed by atoms with E-state index >= 15 is 8.78 Å². The SMILES string of the molecule is Fc1cc(F)cc(-c2ccc(-c3nc(-c4ccccc4)nc(-c4ccccc4)n3)cc2-n2c3cc(-c4nc(-c5ccccc5)nc(-c5ccccc5)n4)ccc3c3ccc(-c4nc(-c5ccccc5)nc(-c5ccccc5)n4)cc32)c1. The quantitative estimate of drug-likeness (QED) is 0.125. The van der Waals surface area contributed by atoms with Crippen LogP contribution in [-0.4, -0.2) is 49.4 Å². The number of benzene rings is 10. The lowest BCUT2D eigenvalue weighted by atomic mass is 10.00. The molecule has 4 heterocycles. The van der Waals surface area contributed by atoms with E-state index in [2.05, 4.69) is 28.8 Å². The second kappa shape index (κ2) is 20.7. The van der Waals surface area contributed by atoms with Gasteiger partial charge in [-0.1, -0.05) is 218 Å². The van der Waals surface area contributed by atoms with Gasteiger partial charge in [0, 0.05) is 72.5 Å². The standard InChI is InChI=1S/C69H42F2N10/c70-53-37-52(38-54(71)42-53)55-34-31-49(67-75-61(43-19-7-1-8-20-43)72-62(76-67)44-21-9-2-10-22-44)39-58(55)81-59-40-50(68-77-63(45-23-11-3-12-24-45)73-64(78-68)46-25-13-4-14-26-46)32-35-56(59)57-36-33-51(41-60(57)81)69-79-65(47-27-15-5-16-28-47)74-66(80-69)48-29-17-6-18-30-48/h1-42H. The van der Waals surface area contributed by atoms with Crippen LogP contribution in [0.2, 0.25) is 0 Å². The zero-order valence-electron chi connectivity index (χ0n) is 43.0. The average Bonchev–Trinajstić information content (AvgIpc) is 4.13. The van der Waals surface area contributed by atoms with Gasteiger partial charge in [0.05, 0.1) is 16.7 Å². The highest BCUT2D eigenvalue weighted by Crippen LogP contribution is 2.42. The van der Waals surface area contributed by atoms with E-state index in [9.17, 15) is 0 Å².